The Bertz CT molecular complexity index is 650. The third kappa shape index (κ3) is 5.97. The first kappa shape index (κ1) is 18.6. The van der Waals surface area contributed by atoms with Crippen LogP contribution in [-0.4, -0.2) is 13.1 Å². The monoisotopic (exact) mass is 360 g/mol. The van der Waals surface area contributed by atoms with Gasteiger partial charge in [0.15, 0.2) is 8.32 Å². The molecule has 0 aromatic heterocycles. The van der Waals surface area contributed by atoms with Gasteiger partial charge >= 0.3 is 0 Å². The Balaban J connectivity index is 1.64. The highest BCUT2D eigenvalue weighted by molar-refractivity contribution is 6.72. The van der Waals surface area contributed by atoms with Gasteiger partial charge in [0.2, 0.25) is 0 Å². The Labute approximate surface area is 158 Å². The molecule has 0 saturated carbocycles. The van der Waals surface area contributed by atoms with Gasteiger partial charge in [-0.2, -0.15) is 0 Å². The predicted molar refractivity (Wildman–Crippen MR) is 113 cm³/mol. The summed E-state index contributed by atoms with van der Waals surface area (Å²) in [6.07, 6.45) is 2.94. The molecule has 1 N–H and O–H groups in total. The summed E-state index contributed by atoms with van der Waals surface area (Å²) in [5.74, 6) is 0. The van der Waals surface area contributed by atoms with Crippen molar-refractivity contribution in [3.63, 3.8) is 0 Å². The Morgan fingerprint density at radius 1 is 0.462 bits per heavy atom. The molecule has 3 aromatic rings. The van der Waals surface area contributed by atoms with Crippen LogP contribution in [0.5, 0.6) is 0 Å². The second kappa shape index (κ2) is 9.51. The van der Waals surface area contributed by atoms with Gasteiger partial charge in [0.25, 0.3) is 0 Å². The Hall–Kier alpha value is -2.16. The van der Waals surface area contributed by atoms with E-state index in [1.165, 1.54) is 16.7 Å². The van der Waals surface area contributed by atoms with E-state index in [4.69, 9.17) is 0 Å². The van der Waals surface area contributed by atoms with Crippen molar-refractivity contribution >= 4 is 8.32 Å². The van der Waals surface area contributed by atoms with Crippen molar-refractivity contribution < 1.29 is 4.80 Å². The van der Waals surface area contributed by atoms with Crippen molar-refractivity contribution in [3.8, 4) is 0 Å². The summed E-state index contributed by atoms with van der Waals surface area (Å²) in [7, 11) is -2.30. The summed E-state index contributed by atoms with van der Waals surface area (Å²) in [6, 6.07) is 34.5. The van der Waals surface area contributed by atoms with E-state index in [0.717, 1.165) is 37.4 Å². The van der Waals surface area contributed by atoms with E-state index < -0.39 is 8.32 Å². The predicted octanol–water partition coefficient (Wildman–Crippen LogP) is 5.65. The third-order valence-corrected chi connectivity index (χ3v) is 8.71. The first-order chi connectivity index (χ1) is 12.7. The molecule has 0 radical (unpaired) electrons. The Kier molecular flexibility index (Phi) is 6.81. The summed E-state index contributed by atoms with van der Waals surface area (Å²) in [4.78, 5) is 11.5. The van der Waals surface area contributed by atoms with Crippen LogP contribution in [0.1, 0.15) is 16.7 Å². The Morgan fingerprint density at radius 2 is 0.731 bits per heavy atom. The Morgan fingerprint density at radius 3 is 1.00 bits per heavy atom. The molecular weight excluding hydrogens is 332 g/mol. The smallest absolute Gasteiger partial charge is 0.189 e. The molecule has 0 aliphatic rings. The lowest BCUT2D eigenvalue weighted by atomic mass is 10.2. The van der Waals surface area contributed by atoms with E-state index in [1.807, 2.05) is 0 Å². The minimum Gasteiger partial charge on any atom is -0.432 e. The van der Waals surface area contributed by atoms with Crippen LogP contribution in [0.3, 0.4) is 0 Å². The summed E-state index contributed by atoms with van der Waals surface area (Å²) < 4.78 is 0. The first-order valence-electron chi connectivity index (χ1n) is 9.58. The van der Waals surface area contributed by atoms with Crippen LogP contribution in [0.2, 0.25) is 18.1 Å². The standard InChI is InChI=1S/C24H28OSi/c25-26(19-16-22-10-4-1-5-11-22,20-17-23-12-6-2-7-13-23)21-18-24-14-8-3-9-15-24/h1-15,25H,16-21H2. The molecule has 0 aliphatic heterocycles. The lowest BCUT2D eigenvalue weighted by Crippen LogP contribution is -2.36. The fourth-order valence-electron chi connectivity index (χ4n) is 3.44. The van der Waals surface area contributed by atoms with Gasteiger partial charge in [-0.25, -0.2) is 0 Å². The molecule has 0 spiro atoms. The molecule has 0 unspecified atom stereocenters. The summed E-state index contributed by atoms with van der Waals surface area (Å²) in [5, 5.41) is 0. The zero-order chi connectivity index (χ0) is 18.1. The zero-order valence-corrected chi connectivity index (χ0v) is 16.4. The maximum atomic E-state index is 11.5. The van der Waals surface area contributed by atoms with Crippen molar-refractivity contribution in [2.24, 2.45) is 0 Å². The van der Waals surface area contributed by atoms with Gasteiger partial charge in [-0.15, -0.1) is 0 Å². The quantitative estimate of drug-likeness (QED) is 0.489. The zero-order valence-electron chi connectivity index (χ0n) is 15.4. The lowest BCUT2D eigenvalue weighted by Gasteiger charge is -2.26. The van der Waals surface area contributed by atoms with Gasteiger partial charge in [0, 0.05) is 0 Å². The highest BCUT2D eigenvalue weighted by Gasteiger charge is 2.30. The molecule has 0 aliphatic carbocycles. The van der Waals surface area contributed by atoms with Crippen LogP contribution in [0.15, 0.2) is 91.0 Å². The van der Waals surface area contributed by atoms with E-state index in [9.17, 15) is 4.80 Å². The van der Waals surface area contributed by atoms with Crippen molar-refractivity contribution in [1.82, 2.24) is 0 Å². The molecule has 0 saturated heterocycles. The van der Waals surface area contributed by atoms with E-state index in [2.05, 4.69) is 91.0 Å². The highest BCUT2D eigenvalue weighted by atomic mass is 28.4. The maximum Gasteiger partial charge on any atom is 0.189 e. The van der Waals surface area contributed by atoms with Gasteiger partial charge in [-0.1, -0.05) is 91.0 Å². The van der Waals surface area contributed by atoms with E-state index in [1.54, 1.807) is 0 Å². The van der Waals surface area contributed by atoms with Crippen molar-refractivity contribution in [3.05, 3.63) is 108 Å². The largest absolute Gasteiger partial charge is 0.432 e. The average molecular weight is 361 g/mol. The highest BCUT2D eigenvalue weighted by Crippen LogP contribution is 2.25. The molecule has 3 aromatic carbocycles. The third-order valence-electron chi connectivity index (χ3n) is 5.17. The second-order valence-corrected chi connectivity index (χ2v) is 11.1. The summed E-state index contributed by atoms with van der Waals surface area (Å²) in [5.41, 5.74) is 3.99. The van der Waals surface area contributed by atoms with E-state index in [-0.39, 0.29) is 0 Å². The van der Waals surface area contributed by atoms with Gasteiger partial charge in [0.05, 0.1) is 0 Å². The molecule has 0 fully saturated rings. The number of benzene rings is 3. The molecule has 134 valence electrons. The van der Waals surface area contributed by atoms with Crippen LogP contribution >= 0.6 is 0 Å². The first-order valence-corrected chi connectivity index (χ1v) is 12.1. The second-order valence-electron chi connectivity index (χ2n) is 7.18. The van der Waals surface area contributed by atoms with Gasteiger partial charge in [0.1, 0.15) is 0 Å². The fraction of sp³-hybridized carbons (Fsp3) is 0.250. The van der Waals surface area contributed by atoms with Crippen molar-refractivity contribution in [2.45, 2.75) is 37.4 Å². The van der Waals surface area contributed by atoms with Crippen molar-refractivity contribution in [1.29, 1.82) is 0 Å². The molecule has 0 atom stereocenters. The number of rotatable bonds is 9. The number of hydrogen-bond donors (Lipinski definition) is 1. The van der Waals surface area contributed by atoms with Gasteiger partial charge in [-0.05, 0) is 54.1 Å². The molecule has 26 heavy (non-hydrogen) atoms. The minimum absolute atomic E-state index is 0.941. The average Bonchev–Trinajstić information content (AvgIpc) is 2.72. The molecule has 2 heteroatoms. The number of hydrogen-bond acceptors (Lipinski definition) is 1. The fourth-order valence-corrected chi connectivity index (χ4v) is 6.45. The molecule has 1 nitrogen and oxygen atoms in total. The van der Waals surface area contributed by atoms with Crippen LogP contribution in [0.25, 0.3) is 0 Å². The van der Waals surface area contributed by atoms with Crippen LogP contribution in [0, 0.1) is 0 Å². The molecule has 0 bridgehead atoms. The minimum atomic E-state index is -2.30. The van der Waals surface area contributed by atoms with Crippen molar-refractivity contribution in [2.75, 3.05) is 0 Å². The molecule has 0 heterocycles. The topological polar surface area (TPSA) is 20.2 Å². The molecule has 0 amide bonds. The van der Waals surface area contributed by atoms with Gasteiger partial charge in [-0.3, -0.25) is 0 Å². The maximum absolute atomic E-state index is 11.5. The van der Waals surface area contributed by atoms with Crippen LogP contribution in [-0.2, 0) is 19.3 Å². The van der Waals surface area contributed by atoms with E-state index in [0.29, 0.717) is 0 Å². The van der Waals surface area contributed by atoms with Crippen LogP contribution in [0.4, 0.5) is 0 Å². The SMILES string of the molecule is O[Si](CCc1ccccc1)(CCc1ccccc1)CCc1ccccc1. The molecular formula is C24H28OSi. The van der Waals surface area contributed by atoms with E-state index >= 15 is 0 Å². The summed E-state index contributed by atoms with van der Waals surface area (Å²) in [6.45, 7) is 0. The lowest BCUT2D eigenvalue weighted by molar-refractivity contribution is 0.520. The summed E-state index contributed by atoms with van der Waals surface area (Å²) >= 11 is 0. The van der Waals surface area contributed by atoms with Crippen LogP contribution < -0.4 is 0 Å². The van der Waals surface area contributed by atoms with Gasteiger partial charge < -0.3 is 4.80 Å². The molecule has 3 rings (SSSR count). The normalized spacial score (nSPS) is 11.4. The number of aryl methyl sites for hydroxylation is 3.